The van der Waals surface area contributed by atoms with Gasteiger partial charge in [0, 0.05) is 5.46 Å². The first-order valence-corrected chi connectivity index (χ1v) is 5.48. The third kappa shape index (κ3) is 1.43. The van der Waals surface area contributed by atoms with E-state index < -0.39 is 23.0 Å². The van der Waals surface area contributed by atoms with E-state index in [2.05, 4.69) is 0 Å². The predicted molar refractivity (Wildman–Crippen MR) is 50.9 cm³/mol. The van der Waals surface area contributed by atoms with Crippen LogP contribution in [0.4, 0.5) is 0 Å². The molecule has 0 atom stereocenters. The molecule has 0 fully saturated rings. The number of hydrogen-bond acceptors (Lipinski definition) is 5. The molecule has 1 aromatic carbocycles. The highest BCUT2D eigenvalue weighted by atomic mass is 32.2. The van der Waals surface area contributed by atoms with E-state index in [0.29, 0.717) is 0 Å². The van der Waals surface area contributed by atoms with Gasteiger partial charge in [0.2, 0.25) is 0 Å². The van der Waals surface area contributed by atoms with E-state index in [-0.39, 0.29) is 15.9 Å². The molecule has 1 aromatic rings. The van der Waals surface area contributed by atoms with Crippen LogP contribution in [0.15, 0.2) is 23.1 Å². The van der Waals surface area contributed by atoms with Gasteiger partial charge in [0.25, 0.3) is 15.9 Å². The van der Waals surface area contributed by atoms with Crippen molar-refractivity contribution >= 4 is 28.5 Å². The van der Waals surface area contributed by atoms with E-state index in [4.69, 9.17) is 10.0 Å². The summed E-state index contributed by atoms with van der Waals surface area (Å²) in [6.07, 6.45) is 0. The number of benzene rings is 1. The van der Waals surface area contributed by atoms with Gasteiger partial charge in [-0.3, -0.25) is 4.79 Å². The summed E-state index contributed by atoms with van der Waals surface area (Å²) in [6, 6.07) is 3.93. The van der Waals surface area contributed by atoms with E-state index in [1.807, 2.05) is 0 Å². The Hall–Kier alpha value is -1.38. The number of amides is 1. The fourth-order valence-corrected chi connectivity index (χ4v) is 2.86. The SMILES string of the molecule is O=C1NS(=O)(=O)c2c(B(O)O)cccc21. The summed E-state index contributed by atoms with van der Waals surface area (Å²) in [7, 11) is -5.88. The first-order chi connectivity index (χ1) is 6.93. The average molecular weight is 227 g/mol. The summed E-state index contributed by atoms with van der Waals surface area (Å²) in [5, 5.41) is 17.9. The first-order valence-electron chi connectivity index (χ1n) is 3.99. The summed E-state index contributed by atoms with van der Waals surface area (Å²) in [4.78, 5) is 10.8. The topological polar surface area (TPSA) is 104 Å². The Morgan fingerprint density at radius 1 is 1.27 bits per heavy atom. The van der Waals surface area contributed by atoms with Crippen LogP contribution in [0.2, 0.25) is 0 Å². The van der Waals surface area contributed by atoms with Gasteiger partial charge in [-0.15, -0.1) is 0 Å². The summed E-state index contributed by atoms with van der Waals surface area (Å²) in [5.74, 6) is -0.757. The zero-order chi connectivity index (χ0) is 11.2. The molecule has 78 valence electrons. The number of nitrogens with one attached hydrogen (secondary N) is 1. The zero-order valence-corrected chi connectivity index (χ0v) is 8.15. The third-order valence-corrected chi connectivity index (χ3v) is 3.51. The Labute approximate surface area is 85.7 Å². The lowest BCUT2D eigenvalue weighted by molar-refractivity contribution is 0.0985. The molecule has 0 saturated carbocycles. The van der Waals surface area contributed by atoms with Crippen molar-refractivity contribution in [3.63, 3.8) is 0 Å². The molecule has 0 radical (unpaired) electrons. The molecule has 1 aliphatic heterocycles. The molecule has 0 bridgehead atoms. The van der Waals surface area contributed by atoms with Crippen LogP contribution < -0.4 is 10.2 Å². The van der Waals surface area contributed by atoms with Crippen LogP contribution >= 0.6 is 0 Å². The Bertz CT molecular complexity index is 538. The fourth-order valence-electron chi connectivity index (χ4n) is 1.46. The van der Waals surface area contributed by atoms with E-state index in [1.165, 1.54) is 18.2 Å². The lowest BCUT2D eigenvalue weighted by atomic mass is 9.79. The van der Waals surface area contributed by atoms with Crippen molar-refractivity contribution in [1.82, 2.24) is 4.72 Å². The average Bonchev–Trinajstić information content (AvgIpc) is 2.37. The molecule has 8 heteroatoms. The van der Waals surface area contributed by atoms with Crippen molar-refractivity contribution in [1.29, 1.82) is 0 Å². The molecule has 6 nitrogen and oxygen atoms in total. The van der Waals surface area contributed by atoms with Gasteiger partial charge < -0.3 is 10.0 Å². The third-order valence-electron chi connectivity index (χ3n) is 2.06. The molecule has 15 heavy (non-hydrogen) atoms. The number of sulfonamides is 1. The highest BCUT2D eigenvalue weighted by Crippen LogP contribution is 2.19. The van der Waals surface area contributed by atoms with Gasteiger partial charge in [0.15, 0.2) is 0 Å². The molecule has 0 spiro atoms. The highest BCUT2D eigenvalue weighted by Gasteiger charge is 2.37. The maximum Gasteiger partial charge on any atom is 0.489 e. The molecule has 0 saturated heterocycles. The van der Waals surface area contributed by atoms with Gasteiger partial charge in [-0.2, -0.15) is 0 Å². The number of carbonyl (C=O) groups is 1. The van der Waals surface area contributed by atoms with Gasteiger partial charge in [-0.1, -0.05) is 12.1 Å². The number of carbonyl (C=O) groups excluding carboxylic acids is 1. The van der Waals surface area contributed by atoms with E-state index in [0.717, 1.165) is 0 Å². The van der Waals surface area contributed by atoms with Crippen molar-refractivity contribution in [3.05, 3.63) is 23.8 Å². The number of hydrogen-bond donors (Lipinski definition) is 3. The van der Waals surface area contributed by atoms with Crippen LogP contribution in [0.25, 0.3) is 0 Å². The highest BCUT2D eigenvalue weighted by molar-refractivity contribution is 7.91. The standard InChI is InChI=1S/C7H6BNO5S/c10-7-4-2-1-3-5(8(11)12)6(4)15(13,14)9-7/h1-3,11-12H,(H,9,10). The maximum absolute atomic E-state index is 11.4. The summed E-state index contributed by atoms with van der Waals surface area (Å²) >= 11 is 0. The molecule has 1 heterocycles. The van der Waals surface area contributed by atoms with Crippen LogP contribution in [0.3, 0.4) is 0 Å². The Morgan fingerprint density at radius 3 is 2.53 bits per heavy atom. The van der Waals surface area contributed by atoms with Gasteiger partial charge in [-0.25, -0.2) is 13.1 Å². The zero-order valence-electron chi connectivity index (χ0n) is 7.34. The second-order valence-electron chi connectivity index (χ2n) is 3.03. The second-order valence-corrected chi connectivity index (χ2v) is 4.65. The second kappa shape index (κ2) is 3.06. The molecule has 2 rings (SSSR count). The van der Waals surface area contributed by atoms with Crippen LogP contribution in [-0.2, 0) is 10.0 Å². The van der Waals surface area contributed by atoms with Gasteiger partial charge in [-0.05, 0) is 6.07 Å². The van der Waals surface area contributed by atoms with Crippen LogP contribution in [-0.4, -0.2) is 31.5 Å². The van der Waals surface area contributed by atoms with Crippen molar-refractivity contribution in [2.45, 2.75) is 4.90 Å². The maximum atomic E-state index is 11.4. The number of fused-ring (bicyclic) bond motifs is 1. The normalized spacial score (nSPS) is 17.1. The van der Waals surface area contributed by atoms with Crippen LogP contribution in [0.5, 0.6) is 0 Å². The molecule has 1 aliphatic rings. The van der Waals surface area contributed by atoms with Crippen molar-refractivity contribution in [2.75, 3.05) is 0 Å². The minimum absolute atomic E-state index is 0.0689. The Kier molecular flexibility index (Phi) is 2.07. The summed E-state index contributed by atoms with van der Waals surface area (Å²) < 4.78 is 24.6. The van der Waals surface area contributed by atoms with Crippen molar-refractivity contribution in [3.8, 4) is 0 Å². The lowest BCUT2D eigenvalue weighted by Crippen LogP contribution is -2.34. The van der Waals surface area contributed by atoms with Crippen molar-refractivity contribution < 1.29 is 23.3 Å². The van der Waals surface area contributed by atoms with Crippen molar-refractivity contribution in [2.24, 2.45) is 0 Å². The molecule has 1 amide bonds. The minimum Gasteiger partial charge on any atom is -0.423 e. The predicted octanol–water partition coefficient (Wildman–Crippen LogP) is -2.20. The van der Waals surface area contributed by atoms with Gasteiger partial charge >= 0.3 is 7.12 Å². The minimum atomic E-state index is -3.95. The van der Waals surface area contributed by atoms with E-state index >= 15 is 0 Å². The summed E-state index contributed by atoms with van der Waals surface area (Å²) in [5.41, 5.74) is -0.272. The Balaban J connectivity index is 2.81. The monoisotopic (exact) mass is 227 g/mol. The number of rotatable bonds is 1. The first kappa shape index (κ1) is 10.2. The molecular weight excluding hydrogens is 221 g/mol. The quantitative estimate of drug-likeness (QED) is 0.472. The van der Waals surface area contributed by atoms with E-state index in [1.54, 1.807) is 4.72 Å². The molecular formula is C7H6BNO5S. The fraction of sp³-hybridized carbons (Fsp3) is 0. The van der Waals surface area contributed by atoms with Gasteiger partial charge in [0.05, 0.1) is 10.5 Å². The van der Waals surface area contributed by atoms with Crippen LogP contribution in [0, 0.1) is 0 Å². The Morgan fingerprint density at radius 2 is 1.93 bits per heavy atom. The van der Waals surface area contributed by atoms with E-state index in [9.17, 15) is 13.2 Å². The molecule has 0 aliphatic carbocycles. The molecule has 0 unspecified atom stereocenters. The largest absolute Gasteiger partial charge is 0.489 e. The lowest BCUT2D eigenvalue weighted by Gasteiger charge is -2.03. The molecule has 3 N–H and O–H groups in total. The van der Waals surface area contributed by atoms with Crippen LogP contribution in [0.1, 0.15) is 10.4 Å². The molecule has 0 aromatic heterocycles. The summed E-state index contributed by atoms with van der Waals surface area (Å²) in [6.45, 7) is 0. The smallest absolute Gasteiger partial charge is 0.423 e. The van der Waals surface area contributed by atoms with Gasteiger partial charge in [0.1, 0.15) is 0 Å².